The van der Waals surface area contributed by atoms with Gasteiger partial charge in [0.15, 0.2) is 5.11 Å². The third-order valence-corrected chi connectivity index (χ3v) is 7.00. The number of hydrogen-bond acceptors (Lipinski definition) is 3. The predicted octanol–water partition coefficient (Wildman–Crippen LogP) is 5.75. The van der Waals surface area contributed by atoms with E-state index in [4.69, 9.17) is 23.8 Å². The maximum Gasteiger partial charge on any atom is 0.170 e. The molecule has 6 heteroatoms. The average molecular weight is 441 g/mol. The molecule has 1 aromatic heterocycles. The van der Waals surface area contributed by atoms with E-state index in [1.54, 1.807) is 0 Å². The number of fused-ring (bicyclic) bond motifs is 1. The number of thiocarbonyl (C=S) groups is 1. The number of allylic oxidation sites excluding steroid dienone is 1. The van der Waals surface area contributed by atoms with Crippen LogP contribution in [0.25, 0.3) is 5.57 Å². The fourth-order valence-corrected chi connectivity index (χ4v) is 5.39. The highest BCUT2D eigenvalue weighted by molar-refractivity contribution is 7.80. The summed E-state index contributed by atoms with van der Waals surface area (Å²) in [4.78, 5) is 9.15. The summed E-state index contributed by atoms with van der Waals surface area (Å²) in [5.74, 6) is 0. The SMILES string of the molecule is CC1=CC(C)(C)N(C)c2cc(Cl)c(C3C(c4ccccn4)NC(=S)N3C(C)C)cc21. The number of benzene rings is 1. The third-order valence-electron chi connectivity index (χ3n) is 6.35. The van der Waals surface area contributed by atoms with Crippen molar-refractivity contribution in [2.24, 2.45) is 0 Å². The maximum atomic E-state index is 6.95. The quantitative estimate of drug-likeness (QED) is 0.614. The van der Waals surface area contributed by atoms with E-state index in [0.717, 1.165) is 27.1 Å². The Balaban J connectivity index is 1.88. The molecule has 1 N–H and O–H groups in total. The summed E-state index contributed by atoms with van der Waals surface area (Å²) in [7, 11) is 2.13. The second-order valence-electron chi connectivity index (χ2n) is 9.06. The number of nitrogens with one attached hydrogen (secondary N) is 1. The van der Waals surface area contributed by atoms with Gasteiger partial charge in [-0.15, -0.1) is 0 Å². The third kappa shape index (κ3) is 3.38. The molecule has 2 unspecified atom stereocenters. The van der Waals surface area contributed by atoms with Gasteiger partial charge in [-0.05, 0) is 82.2 Å². The fourth-order valence-electron chi connectivity index (χ4n) is 4.67. The molecule has 2 atom stereocenters. The molecule has 0 spiro atoms. The largest absolute Gasteiger partial charge is 0.365 e. The molecule has 0 amide bonds. The van der Waals surface area contributed by atoms with Gasteiger partial charge in [0.2, 0.25) is 0 Å². The van der Waals surface area contributed by atoms with E-state index in [-0.39, 0.29) is 23.7 Å². The van der Waals surface area contributed by atoms with Crippen molar-refractivity contribution < 1.29 is 0 Å². The molecule has 2 aliphatic heterocycles. The van der Waals surface area contributed by atoms with Gasteiger partial charge in [0, 0.05) is 35.6 Å². The number of likely N-dealkylation sites (N-methyl/N-ethyl adjacent to an activating group) is 1. The first-order valence-corrected chi connectivity index (χ1v) is 11.2. The summed E-state index contributed by atoms with van der Waals surface area (Å²) in [5.41, 5.74) is 5.63. The summed E-state index contributed by atoms with van der Waals surface area (Å²) in [6.45, 7) is 10.9. The Bertz CT molecular complexity index is 1020. The topological polar surface area (TPSA) is 31.4 Å². The first kappa shape index (κ1) is 21.1. The monoisotopic (exact) mass is 440 g/mol. The summed E-state index contributed by atoms with van der Waals surface area (Å²) < 4.78 is 0. The summed E-state index contributed by atoms with van der Waals surface area (Å²) in [5, 5.41) is 5.00. The van der Waals surface area contributed by atoms with Crippen molar-refractivity contribution in [2.45, 2.75) is 58.3 Å². The first-order chi connectivity index (χ1) is 14.1. The Hall–Kier alpha value is -2.11. The van der Waals surface area contributed by atoms with Gasteiger partial charge in [0.05, 0.1) is 23.3 Å². The number of anilines is 1. The summed E-state index contributed by atoms with van der Waals surface area (Å²) in [6, 6.07) is 10.5. The van der Waals surface area contributed by atoms with Crippen LogP contribution in [0.4, 0.5) is 5.69 Å². The second-order valence-corrected chi connectivity index (χ2v) is 9.85. The van der Waals surface area contributed by atoms with E-state index in [1.165, 1.54) is 11.1 Å². The zero-order chi connectivity index (χ0) is 21.8. The molecule has 3 heterocycles. The minimum Gasteiger partial charge on any atom is -0.365 e. The van der Waals surface area contributed by atoms with E-state index in [2.05, 4.69) is 80.0 Å². The van der Waals surface area contributed by atoms with Crippen molar-refractivity contribution >= 4 is 40.2 Å². The summed E-state index contributed by atoms with van der Waals surface area (Å²) >= 11 is 12.7. The molecular formula is C24H29ClN4S. The highest BCUT2D eigenvalue weighted by Crippen LogP contribution is 2.47. The van der Waals surface area contributed by atoms with Crippen LogP contribution in [0.3, 0.4) is 0 Å². The van der Waals surface area contributed by atoms with Gasteiger partial charge in [-0.2, -0.15) is 0 Å². The number of rotatable bonds is 3. The van der Waals surface area contributed by atoms with Crippen LogP contribution in [0.15, 0.2) is 42.6 Å². The average Bonchev–Trinajstić information content (AvgIpc) is 3.03. The zero-order valence-electron chi connectivity index (χ0n) is 18.4. The smallest absolute Gasteiger partial charge is 0.170 e. The second kappa shape index (κ2) is 7.54. The van der Waals surface area contributed by atoms with Crippen molar-refractivity contribution in [1.29, 1.82) is 0 Å². The molecule has 30 heavy (non-hydrogen) atoms. The molecule has 0 aliphatic carbocycles. The fraction of sp³-hybridized carbons (Fsp3) is 0.417. The van der Waals surface area contributed by atoms with Gasteiger partial charge >= 0.3 is 0 Å². The van der Waals surface area contributed by atoms with E-state index in [1.807, 2.05) is 24.4 Å². The lowest BCUT2D eigenvalue weighted by molar-refractivity contribution is 0.269. The van der Waals surface area contributed by atoms with E-state index in [0.29, 0.717) is 0 Å². The maximum absolute atomic E-state index is 6.95. The van der Waals surface area contributed by atoms with Crippen molar-refractivity contribution in [3.05, 3.63) is 64.4 Å². The number of hydrogen-bond donors (Lipinski definition) is 1. The number of halogens is 1. The summed E-state index contributed by atoms with van der Waals surface area (Å²) in [6.07, 6.45) is 4.15. The van der Waals surface area contributed by atoms with Crippen LogP contribution in [0.2, 0.25) is 5.02 Å². The molecule has 4 nitrogen and oxygen atoms in total. The lowest BCUT2D eigenvalue weighted by Crippen LogP contribution is -2.42. The highest BCUT2D eigenvalue weighted by atomic mass is 35.5. The van der Waals surface area contributed by atoms with Crippen LogP contribution in [-0.4, -0.2) is 33.6 Å². The molecule has 4 rings (SSSR count). The van der Waals surface area contributed by atoms with Gasteiger partial charge in [-0.1, -0.05) is 23.7 Å². The molecule has 1 aromatic carbocycles. The Labute approximate surface area is 189 Å². The minimum atomic E-state index is -0.0568. The van der Waals surface area contributed by atoms with E-state index in [9.17, 15) is 0 Å². The molecule has 1 saturated heterocycles. The molecule has 158 valence electrons. The Morgan fingerprint density at radius 1 is 1.23 bits per heavy atom. The van der Waals surface area contributed by atoms with Crippen molar-refractivity contribution in [2.75, 3.05) is 11.9 Å². The molecule has 1 fully saturated rings. The van der Waals surface area contributed by atoms with Crippen LogP contribution in [0.1, 0.15) is 63.5 Å². The lowest BCUT2D eigenvalue weighted by atomic mass is 9.86. The number of nitrogens with zero attached hydrogens (tertiary/aromatic N) is 3. The van der Waals surface area contributed by atoms with Crippen molar-refractivity contribution in [3.63, 3.8) is 0 Å². The van der Waals surface area contributed by atoms with Crippen LogP contribution in [0.5, 0.6) is 0 Å². The van der Waals surface area contributed by atoms with Gasteiger partial charge in [-0.25, -0.2) is 0 Å². The van der Waals surface area contributed by atoms with Crippen LogP contribution >= 0.6 is 23.8 Å². The molecule has 2 aliphatic rings. The van der Waals surface area contributed by atoms with Gasteiger partial charge in [0.25, 0.3) is 0 Å². The Kier molecular flexibility index (Phi) is 5.31. The lowest BCUT2D eigenvalue weighted by Gasteiger charge is -2.41. The molecule has 0 radical (unpaired) electrons. The number of pyridine rings is 1. The molecule has 0 saturated carbocycles. The Morgan fingerprint density at radius 3 is 2.60 bits per heavy atom. The molecule has 2 aromatic rings. The van der Waals surface area contributed by atoms with Gasteiger partial charge < -0.3 is 15.1 Å². The highest BCUT2D eigenvalue weighted by Gasteiger charge is 2.42. The van der Waals surface area contributed by atoms with Crippen LogP contribution in [0, 0.1) is 0 Å². The van der Waals surface area contributed by atoms with Crippen LogP contribution in [-0.2, 0) is 0 Å². The van der Waals surface area contributed by atoms with E-state index >= 15 is 0 Å². The molecule has 0 bridgehead atoms. The zero-order valence-corrected chi connectivity index (χ0v) is 20.0. The van der Waals surface area contributed by atoms with Crippen molar-refractivity contribution in [1.82, 2.24) is 15.2 Å². The van der Waals surface area contributed by atoms with E-state index < -0.39 is 0 Å². The van der Waals surface area contributed by atoms with Gasteiger partial charge in [-0.3, -0.25) is 4.98 Å². The van der Waals surface area contributed by atoms with Gasteiger partial charge in [0.1, 0.15) is 0 Å². The standard InChI is InChI=1S/C24H29ClN4S/c1-14(2)29-22(21(27-23(29)30)19-9-7-8-10-26-19)17-11-16-15(3)13-24(4,5)28(6)20(16)12-18(17)25/h7-14,21-22H,1-6H3,(H,27,30). The number of aromatic nitrogens is 1. The first-order valence-electron chi connectivity index (χ1n) is 10.4. The normalized spacial score (nSPS) is 22.8. The Morgan fingerprint density at radius 2 is 1.97 bits per heavy atom. The van der Waals surface area contributed by atoms with Crippen molar-refractivity contribution in [3.8, 4) is 0 Å². The minimum absolute atomic E-state index is 0.0294. The molecular weight excluding hydrogens is 412 g/mol. The predicted molar refractivity (Wildman–Crippen MR) is 130 cm³/mol. The van der Waals surface area contributed by atoms with Crippen LogP contribution < -0.4 is 10.2 Å².